The number of benzene rings is 1. The van der Waals surface area contributed by atoms with Crippen molar-refractivity contribution in [3.05, 3.63) is 29.8 Å². The van der Waals surface area contributed by atoms with Crippen LogP contribution in [-0.2, 0) is 11.3 Å². The monoisotopic (exact) mass is 316 g/mol. The molecule has 0 radical (unpaired) electrons. The van der Waals surface area contributed by atoms with Gasteiger partial charge in [-0.3, -0.25) is 0 Å². The van der Waals surface area contributed by atoms with Crippen LogP contribution in [-0.4, -0.2) is 30.1 Å². The van der Waals surface area contributed by atoms with Crippen molar-refractivity contribution in [1.29, 1.82) is 0 Å². The van der Waals surface area contributed by atoms with Gasteiger partial charge in [0.25, 0.3) is 0 Å². The lowest BCUT2D eigenvalue weighted by molar-refractivity contribution is 0.134. The Morgan fingerprint density at radius 3 is 2.78 bits per heavy atom. The number of ether oxygens (including phenoxy) is 1. The Labute approximate surface area is 139 Å². The van der Waals surface area contributed by atoms with Gasteiger partial charge in [0.05, 0.1) is 6.61 Å². The van der Waals surface area contributed by atoms with Crippen molar-refractivity contribution >= 4 is 11.7 Å². The maximum Gasteiger partial charge on any atom is 0.322 e. The number of para-hydroxylation sites is 1. The van der Waals surface area contributed by atoms with Crippen LogP contribution in [0.25, 0.3) is 0 Å². The van der Waals surface area contributed by atoms with Crippen LogP contribution in [0.1, 0.15) is 51.0 Å². The molecule has 1 saturated heterocycles. The summed E-state index contributed by atoms with van der Waals surface area (Å²) in [6.07, 6.45) is 7.53. The van der Waals surface area contributed by atoms with E-state index in [-0.39, 0.29) is 6.03 Å². The summed E-state index contributed by atoms with van der Waals surface area (Å²) in [4.78, 5) is 14.9. The zero-order valence-electron chi connectivity index (χ0n) is 14.1. The lowest BCUT2D eigenvalue weighted by atomic mass is 9.96. The molecule has 1 saturated carbocycles. The largest absolute Gasteiger partial charge is 0.377 e. The van der Waals surface area contributed by atoms with Crippen molar-refractivity contribution in [1.82, 2.24) is 4.90 Å². The van der Waals surface area contributed by atoms with Gasteiger partial charge in [-0.25, -0.2) is 4.79 Å². The smallest absolute Gasteiger partial charge is 0.322 e. The van der Waals surface area contributed by atoms with Crippen molar-refractivity contribution in [3.63, 3.8) is 0 Å². The number of carbonyl (C=O) groups excluding carboxylic acids is 1. The van der Waals surface area contributed by atoms with Gasteiger partial charge >= 0.3 is 6.03 Å². The molecule has 2 aliphatic rings. The number of likely N-dealkylation sites (tertiary alicyclic amines) is 1. The van der Waals surface area contributed by atoms with Crippen molar-refractivity contribution < 1.29 is 9.53 Å². The highest BCUT2D eigenvalue weighted by atomic mass is 16.5. The molecule has 1 atom stereocenters. The van der Waals surface area contributed by atoms with Crippen LogP contribution < -0.4 is 5.32 Å². The van der Waals surface area contributed by atoms with Crippen LogP contribution in [0.4, 0.5) is 10.5 Å². The van der Waals surface area contributed by atoms with Gasteiger partial charge in [-0.05, 0) is 44.6 Å². The number of carbonyl (C=O) groups is 1. The number of nitrogens with zero attached hydrogens (tertiary/aromatic N) is 1. The molecule has 1 N–H and O–H groups in total. The highest BCUT2D eigenvalue weighted by molar-refractivity contribution is 5.90. The third kappa shape index (κ3) is 3.86. The van der Waals surface area contributed by atoms with E-state index in [1.165, 1.54) is 32.1 Å². The number of urea groups is 1. The number of hydrogen-bond acceptors (Lipinski definition) is 2. The molecule has 1 unspecified atom stereocenters. The first kappa shape index (κ1) is 16.3. The van der Waals surface area contributed by atoms with E-state index in [1.807, 2.05) is 31.2 Å². The molecule has 2 fully saturated rings. The van der Waals surface area contributed by atoms with E-state index in [2.05, 4.69) is 10.2 Å². The number of amides is 2. The molecule has 0 aromatic heterocycles. The molecular formula is C19H28N2O2. The van der Waals surface area contributed by atoms with Gasteiger partial charge in [-0.1, -0.05) is 31.0 Å². The Morgan fingerprint density at radius 1 is 1.22 bits per heavy atom. The molecule has 4 nitrogen and oxygen atoms in total. The van der Waals surface area contributed by atoms with Crippen LogP contribution in [0.5, 0.6) is 0 Å². The second-order valence-corrected chi connectivity index (χ2v) is 6.67. The Kier molecular flexibility index (Phi) is 5.55. The fourth-order valence-electron chi connectivity index (χ4n) is 4.04. The highest BCUT2D eigenvalue weighted by Gasteiger charge is 2.35. The summed E-state index contributed by atoms with van der Waals surface area (Å²) < 4.78 is 5.50. The molecule has 23 heavy (non-hydrogen) atoms. The third-order valence-corrected chi connectivity index (χ3v) is 5.22. The van der Waals surface area contributed by atoms with Gasteiger partial charge < -0.3 is 15.0 Å². The van der Waals surface area contributed by atoms with Gasteiger partial charge in [-0.15, -0.1) is 0 Å². The zero-order chi connectivity index (χ0) is 16.1. The molecule has 1 aromatic carbocycles. The van der Waals surface area contributed by atoms with Gasteiger partial charge in [0.15, 0.2) is 0 Å². The minimum absolute atomic E-state index is 0.0587. The molecular weight excluding hydrogens is 288 g/mol. The molecule has 3 rings (SSSR count). The lowest BCUT2D eigenvalue weighted by Gasteiger charge is -2.29. The summed E-state index contributed by atoms with van der Waals surface area (Å²) in [6.45, 7) is 4.09. The van der Waals surface area contributed by atoms with Gasteiger partial charge in [0, 0.05) is 30.4 Å². The summed E-state index contributed by atoms with van der Waals surface area (Å²) >= 11 is 0. The number of nitrogens with one attached hydrogen (secondary N) is 1. The molecule has 1 aromatic rings. The van der Waals surface area contributed by atoms with E-state index in [4.69, 9.17) is 4.74 Å². The number of rotatable bonds is 5. The van der Waals surface area contributed by atoms with Crippen molar-refractivity contribution in [2.75, 3.05) is 18.5 Å². The topological polar surface area (TPSA) is 41.6 Å². The molecule has 1 aliphatic heterocycles. The number of hydrogen-bond donors (Lipinski definition) is 1. The van der Waals surface area contributed by atoms with E-state index >= 15 is 0 Å². The van der Waals surface area contributed by atoms with Crippen molar-refractivity contribution in [2.24, 2.45) is 5.92 Å². The molecule has 2 amide bonds. The SMILES string of the molecule is CCOCc1ccccc1NC(=O)N1CCCC1C1CCCC1. The maximum atomic E-state index is 12.8. The first-order chi connectivity index (χ1) is 11.3. The van der Waals surface area contributed by atoms with Crippen molar-refractivity contribution in [2.45, 2.75) is 58.1 Å². The molecule has 1 heterocycles. The van der Waals surface area contributed by atoms with Crippen LogP contribution in [0.3, 0.4) is 0 Å². The minimum Gasteiger partial charge on any atom is -0.377 e. The third-order valence-electron chi connectivity index (χ3n) is 5.22. The first-order valence-corrected chi connectivity index (χ1v) is 9.03. The molecule has 0 spiro atoms. The Bertz CT molecular complexity index is 526. The molecule has 4 heteroatoms. The van der Waals surface area contributed by atoms with Gasteiger partial charge in [0.2, 0.25) is 0 Å². The summed E-state index contributed by atoms with van der Waals surface area (Å²) in [5.41, 5.74) is 1.92. The fourth-order valence-corrected chi connectivity index (χ4v) is 4.04. The van der Waals surface area contributed by atoms with E-state index in [9.17, 15) is 4.79 Å². The van der Waals surface area contributed by atoms with E-state index < -0.39 is 0 Å². The van der Waals surface area contributed by atoms with Gasteiger partial charge in [0.1, 0.15) is 0 Å². The summed E-state index contributed by atoms with van der Waals surface area (Å²) in [7, 11) is 0. The average Bonchev–Trinajstić information content (AvgIpc) is 3.24. The molecule has 126 valence electrons. The second-order valence-electron chi connectivity index (χ2n) is 6.67. The van der Waals surface area contributed by atoms with Gasteiger partial charge in [-0.2, -0.15) is 0 Å². The normalized spacial score (nSPS) is 21.8. The van der Waals surface area contributed by atoms with E-state index in [1.54, 1.807) is 0 Å². The van der Waals surface area contributed by atoms with Crippen LogP contribution >= 0.6 is 0 Å². The Morgan fingerprint density at radius 2 is 2.00 bits per heavy atom. The summed E-state index contributed by atoms with van der Waals surface area (Å²) in [5.74, 6) is 0.710. The standard InChI is InChI=1S/C19H28N2O2/c1-2-23-14-16-10-5-6-11-17(16)20-19(22)21-13-7-12-18(21)15-8-3-4-9-15/h5-6,10-11,15,18H,2-4,7-9,12-14H2,1H3,(H,20,22). The second kappa shape index (κ2) is 7.82. The van der Waals surface area contributed by atoms with E-state index in [0.717, 1.165) is 24.2 Å². The minimum atomic E-state index is 0.0587. The quantitative estimate of drug-likeness (QED) is 0.874. The molecule has 1 aliphatic carbocycles. The van der Waals surface area contributed by atoms with Crippen LogP contribution in [0, 0.1) is 5.92 Å². The average molecular weight is 316 g/mol. The highest BCUT2D eigenvalue weighted by Crippen LogP contribution is 2.35. The maximum absolute atomic E-state index is 12.8. The van der Waals surface area contributed by atoms with Crippen molar-refractivity contribution in [3.8, 4) is 0 Å². The fraction of sp³-hybridized carbons (Fsp3) is 0.632. The zero-order valence-corrected chi connectivity index (χ0v) is 14.1. The Balaban J connectivity index is 1.66. The summed E-state index contributed by atoms with van der Waals surface area (Å²) in [6, 6.07) is 8.43. The Hall–Kier alpha value is -1.55. The summed E-state index contributed by atoms with van der Waals surface area (Å²) in [5, 5.41) is 3.12. The predicted octanol–water partition coefficient (Wildman–Crippen LogP) is 4.41. The lowest BCUT2D eigenvalue weighted by Crippen LogP contribution is -2.42. The van der Waals surface area contributed by atoms with Crippen LogP contribution in [0.15, 0.2) is 24.3 Å². The molecule has 0 bridgehead atoms. The van der Waals surface area contributed by atoms with E-state index in [0.29, 0.717) is 25.2 Å². The number of anilines is 1. The van der Waals surface area contributed by atoms with Crippen LogP contribution in [0.2, 0.25) is 0 Å². The first-order valence-electron chi connectivity index (χ1n) is 9.03. The predicted molar refractivity (Wildman–Crippen MR) is 92.5 cm³/mol.